The Morgan fingerprint density at radius 2 is 2.03 bits per heavy atom. The van der Waals surface area contributed by atoms with E-state index in [0.717, 1.165) is 17.4 Å². The fraction of sp³-hybridized carbons (Fsp3) is 0.571. The molecule has 9 nitrogen and oxygen atoms in total. The lowest BCUT2D eigenvalue weighted by atomic mass is 10.0. The molecule has 0 aliphatic carbocycles. The van der Waals surface area contributed by atoms with Gasteiger partial charge in [-0.05, 0) is 18.9 Å². The molecule has 2 aromatic rings. The highest BCUT2D eigenvalue weighted by Crippen LogP contribution is 2.40. The van der Waals surface area contributed by atoms with Crippen molar-refractivity contribution in [2.45, 2.75) is 31.3 Å². The molecule has 2 aliphatic heterocycles. The summed E-state index contributed by atoms with van der Waals surface area (Å²) in [7, 11) is 3.04. The van der Waals surface area contributed by atoms with Gasteiger partial charge in [0.15, 0.2) is 0 Å². The number of carbonyl (C=O) groups excluding carboxylic acids is 2. The summed E-state index contributed by atoms with van der Waals surface area (Å²) in [4.78, 5) is 32.3. The summed E-state index contributed by atoms with van der Waals surface area (Å²) in [5, 5.41) is 3.83. The highest BCUT2D eigenvalue weighted by atomic mass is 32.1. The van der Waals surface area contributed by atoms with E-state index in [0.29, 0.717) is 39.1 Å². The maximum absolute atomic E-state index is 13.8. The van der Waals surface area contributed by atoms with Crippen molar-refractivity contribution in [3.05, 3.63) is 22.6 Å². The first-order valence-electron chi connectivity index (χ1n) is 10.8. The summed E-state index contributed by atoms with van der Waals surface area (Å²) in [5.74, 6) is -0.338. The zero-order valence-corrected chi connectivity index (χ0v) is 19.5. The minimum atomic E-state index is -4.59. The molecular weight excluding hydrogens is 477 g/mol. The molecule has 0 radical (unpaired) electrons. The third-order valence-electron chi connectivity index (χ3n) is 5.93. The van der Waals surface area contributed by atoms with Gasteiger partial charge in [-0.15, -0.1) is 11.3 Å². The molecule has 0 spiro atoms. The van der Waals surface area contributed by atoms with E-state index in [9.17, 15) is 22.8 Å². The molecule has 2 saturated heterocycles. The number of aromatic nitrogens is 1. The Morgan fingerprint density at radius 1 is 1.29 bits per heavy atom. The molecular formula is C21H25F3N4O5S. The number of anilines is 1. The molecule has 0 bridgehead atoms. The molecule has 13 heteroatoms. The van der Waals surface area contributed by atoms with Gasteiger partial charge in [0, 0.05) is 38.6 Å². The van der Waals surface area contributed by atoms with Crippen LogP contribution in [0, 0.1) is 0 Å². The van der Waals surface area contributed by atoms with Gasteiger partial charge in [-0.1, -0.05) is 0 Å². The lowest BCUT2D eigenvalue weighted by molar-refractivity contribution is -0.188. The number of ether oxygens (including phenoxy) is 3. The standard InChI is InChI=1S/C21H25F3N4O5S/c1-25-19(29)13-11-34-18-14(21(22,23)24)9-15(26-17(13)18)28-5-3-12(4-6-28)27(2)20(30)33-16-10-31-7-8-32-16/h9,11-12,16H,3-8,10H2,1-2H3,(H,25,29). The second kappa shape index (κ2) is 9.92. The second-order valence-electron chi connectivity index (χ2n) is 8.02. The molecule has 1 atom stereocenters. The summed E-state index contributed by atoms with van der Waals surface area (Å²) in [6.07, 6.45) is -4.85. The Bertz CT molecular complexity index is 1050. The van der Waals surface area contributed by atoms with Gasteiger partial charge < -0.3 is 29.3 Å². The van der Waals surface area contributed by atoms with E-state index in [1.54, 1.807) is 11.9 Å². The molecule has 1 unspecified atom stereocenters. The van der Waals surface area contributed by atoms with E-state index in [1.807, 2.05) is 0 Å². The van der Waals surface area contributed by atoms with Gasteiger partial charge in [-0.3, -0.25) is 4.79 Å². The number of nitrogens with zero attached hydrogens (tertiary/aromatic N) is 3. The maximum atomic E-state index is 13.8. The third kappa shape index (κ3) is 5.05. The van der Waals surface area contributed by atoms with Crippen LogP contribution in [0.5, 0.6) is 0 Å². The largest absolute Gasteiger partial charge is 0.417 e. The van der Waals surface area contributed by atoms with E-state index in [2.05, 4.69) is 10.3 Å². The molecule has 186 valence electrons. The fourth-order valence-electron chi connectivity index (χ4n) is 4.02. The van der Waals surface area contributed by atoms with Crippen molar-refractivity contribution in [3.8, 4) is 0 Å². The van der Waals surface area contributed by atoms with E-state index in [-0.39, 0.29) is 34.2 Å². The molecule has 0 aromatic carbocycles. The first-order chi connectivity index (χ1) is 16.2. The normalized spacial score (nSPS) is 19.8. The Kier molecular flexibility index (Phi) is 7.14. The fourth-order valence-corrected chi connectivity index (χ4v) is 5.05. The smallest absolute Gasteiger partial charge is 0.417 e. The van der Waals surface area contributed by atoms with Crippen molar-refractivity contribution in [3.63, 3.8) is 0 Å². The number of amides is 2. The van der Waals surface area contributed by atoms with Gasteiger partial charge in [-0.25, -0.2) is 9.78 Å². The minimum Gasteiger partial charge on any atom is -0.417 e. The lowest BCUT2D eigenvalue weighted by Gasteiger charge is -2.37. The van der Waals surface area contributed by atoms with Gasteiger partial charge in [0.05, 0.1) is 34.6 Å². The van der Waals surface area contributed by atoms with Crippen molar-refractivity contribution in [1.29, 1.82) is 0 Å². The topological polar surface area (TPSA) is 93.2 Å². The molecule has 2 aromatic heterocycles. The van der Waals surface area contributed by atoms with Crippen LogP contribution in [-0.4, -0.2) is 81.2 Å². The number of carbonyl (C=O) groups is 2. The van der Waals surface area contributed by atoms with Crippen LogP contribution in [0.1, 0.15) is 28.8 Å². The van der Waals surface area contributed by atoms with E-state index < -0.39 is 30.0 Å². The van der Waals surface area contributed by atoms with E-state index >= 15 is 0 Å². The molecule has 2 fully saturated rings. The van der Waals surface area contributed by atoms with Crippen LogP contribution >= 0.6 is 11.3 Å². The summed E-state index contributed by atoms with van der Waals surface area (Å²) < 4.78 is 57.2. The molecule has 2 amide bonds. The maximum Gasteiger partial charge on any atom is 0.417 e. The minimum absolute atomic E-state index is 0.0340. The Balaban J connectivity index is 1.49. The van der Waals surface area contributed by atoms with Crippen LogP contribution in [-0.2, 0) is 20.4 Å². The molecule has 4 rings (SSSR count). The quantitative estimate of drug-likeness (QED) is 0.687. The van der Waals surface area contributed by atoms with Gasteiger partial charge in [-0.2, -0.15) is 13.2 Å². The number of halogens is 3. The van der Waals surface area contributed by atoms with E-state index in [4.69, 9.17) is 14.2 Å². The number of piperidine rings is 1. The number of rotatable bonds is 4. The van der Waals surface area contributed by atoms with Gasteiger partial charge in [0.25, 0.3) is 5.91 Å². The average Bonchev–Trinajstić information content (AvgIpc) is 3.26. The molecule has 1 N–H and O–H groups in total. The lowest BCUT2D eigenvalue weighted by Crippen LogP contribution is -2.47. The molecule has 4 heterocycles. The number of fused-ring (bicyclic) bond motifs is 1. The van der Waals surface area contributed by atoms with Crippen LogP contribution in [0.4, 0.5) is 23.8 Å². The second-order valence-corrected chi connectivity index (χ2v) is 8.90. The van der Waals surface area contributed by atoms with Crippen LogP contribution in [0.2, 0.25) is 0 Å². The summed E-state index contributed by atoms with van der Waals surface area (Å²) in [6.45, 7) is 1.76. The average molecular weight is 503 g/mol. The molecule has 0 saturated carbocycles. The van der Waals surface area contributed by atoms with Crippen LogP contribution in [0.15, 0.2) is 11.4 Å². The number of nitrogens with one attached hydrogen (secondary N) is 1. The van der Waals surface area contributed by atoms with Gasteiger partial charge >= 0.3 is 12.3 Å². The number of alkyl halides is 3. The van der Waals surface area contributed by atoms with Crippen molar-refractivity contribution >= 4 is 39.4 Å². The van der Waals surface area contributed by atoms with Crippen LogP contribution in [0.3, 0.4) is 0 Å². The van der Waals surface area contributed by atoms with Crippen molar-refractivity contribution in [2.24, 2.45) is 0 Å². The summed E-state index contributed by atoms with van der Waals surface area (Å²) in [6, 6.07) is 0.882. The first-order valence-corrected chi connectivity index (χ1v) is 11.7. The Labute approximate surface area is 197 Å². The molecule has 34 heavy (non-hydrogen) atoms. The number of thiophene rings is 1. The Morgan fingerprint density at radius 3 is 2.65 bits per heavy atom. The van der Waals surface area contributed by atoms with Crippen LogP contribution in [0.25, 0.3) is 10.2 Å². The zero-order valence-electron chi connectivity index (χ0n) is 18.7. The van der Waals surface area contributed by atoms with Gasteiger partial charge in [0.2, 0.25) is 6.29 Å². The predicted octanol–water partition coefficient (Wildman–Crippen LogP) is 3.08. The first kappa shape index (κ1) is 24.5. The van der Waals surface area contributed by atoms with E-state index in [1.165, 1.54) is 17.3 Å². The Hall–Kier alpha value is -2.64. The highest BCUT2D eigenvalue weighted by Gasteiger charge is 2.36. The SMILES string of the molecule is CNC(=O)c1csc2c(C(F)(F)F)cc(N3CCC(N(C)C(=O)OC4COCCO4)CC3)nc12. The number of pyridine rings is 1. The van der Waals surface area contributed by atoms with Crippen molar-refractivity contribution < 1.29 is 37.0 Å². The van der Waals surface area contributed by atoms with Crippen molar-refractivity contribution in [2.75, 3.05) is 51.9 Å². The number of hydrogen-bond donors (Lipinski definition) is 1. The van der Waals surface area contributed by atoms with Crippen LogP contribution < -0.4 is 10.2 Å². The predicted molar refractivity (Wildman–Crippen MR) is 118 cm³/mol. The monoisotopic (exact) mass is 502 g/mol. The molecule has 2 aliphatic rings. The zero-order chi connectivity index (χ0) is 24.5. The summed E-state index contributed by atoms with van der Waals surface area (Å²) >= 11 is 0.849. The summed E-state index contributed by atoms with van der Waals surface area (Å²) in [5.41, 5.74) is -0.669. The highest BCUT2D eigenvalue weighted by molar-refractivity contribution is 7.17. The van der Waals surface area contributed by atoms with Crippen molar-refractivity contribution in [1.82, 2.24) is 15.2 Å². The number of hydrogen-bond acceptors (Lipinski definition) is 8. The third-order valence-corrected chi connectivity index (χ3v) is 6.93. The van der Waals surface area contributed by atoms with Gasteiger partial charge in [0.1, 0.15) is 12.4 Å².